The lowest BCUT2D eigenvalue weighted by Gasteiger charge is -2.37. The largest absolute Gasteiger partial charge is 0.459 e. The van der Waals surface area contributed by atoms with E-state index in [0.717, 1.165) is 0 Å². The number of nitrogens with one attached hydrogen (secondary N) is 1. The Balaban J connectivity index is 2.08. The van der Waals surface area contributed by atoms with E-state index in [-0.39, 0.29) is 117 Å². The van der Waals surface area contributed by atoms with E-state index in [1.807, 2.05) is 19.6 Å². The molecule has 73 heavy (non-hydrogen) atoms. The van der Waals surface area contributed by atoms with E-state index in [1.54, 1.807) is 83.1 Å². The van der Waals surface area contributed by atoms with Crippen LogP contribution in [0, 0.1) is 23.3 Å². The Labute approximate surface area is 428 Å². The van der Waals surface area contributed by atoms with Crippen molar-refractivity contribution in [2.75, 3.05) is 118 Å². The molecule has 1 aromatic rings. The van der Waals surface area contributed by atoms with Crippen LogP contribution in [0.3, 0.4) is 0 Å². The number of nitrogens with zero attached hydrogens (tertiary/aromatic N) is 4. The minimum Gasteiger partial charge on any atom is -0.459 e. The van der Waals surface area contributed by atoms with Gasteiger partial charge in [0, 0.05) is 71.4 Å². The Kier molecular flexibility index (Phi) is 27.2. The van der Waals surface area contributed by atoms with Crippen LogP contribution in [0.25, 0.3) is 0 Å². The minimum absolute atomic E-state index is 0.00296. The molecular weight excluding hydrogens is 971 g/mol. The maximum atomic E-state index is 14.1. The van der Waals surface area contributed by atoms with E-state index in [4.69, 9.17) is 33.2 Å². The monoisotopic (exact) mass is 1050 g/mol. The predicted molar refractivity (Wildman–Crippen MR) is 259 cm³/mol. The van der Waals surface area contributed by atoms with Gasteiger partial charge in [-0.15, -0.1) is 0 Å². The molecule has 1 aliphatic heterocycles. The van der Waals surface area contributed by atoms with Crippen LogP contribution < -0.4 is 10.1 Å². The first-order valence-corrected chi connectivity index (χ1v) is 24.6. The molecule has 1 atom stereocenters. The van der Waals surface area contributed by atoms with Crippen molar-refractivity contribution in [1.82, 2.24) is 24.9 Å². The molecule has 1 unspecified atom stereocenters. The Bertz CT molecular complexity index is 1860. The van der Waals surface area contributed by atoms with Gasteiger partial charge in [0.25, 0.3) is 0 Å². The number of hydrogen-bond donors (Lipinski definition) is 1. The normalized spacial score (nSPS) is 15.9. The molecule has 1 amide bonds. The number of benzene rings is 1. The Morgan fingerprint density at radius 1 is 0.507 bits per heavy atom. The molecular formula is C50H81F4N5O14. The maximum Gasteiger partial charge on any atom is 0.323 e. The number of ether oxygens (including phenoxy) is 8. The van der Waals surface area contributed by atoms with E-state index < -0.39 is 93.7 Å². The van der Waals surface area contributed by atoms with Crippen molar-refractivity contribution in [3.63, 3.8) is 0 Å². The first-order chi connectivity index (χ1) is 33.8. The number of halogens is 4. The van der Waals surface area contributed by atoms with E-state index in [2.05, 4.69) is 10.1 Å². The summed E-state index contributed by atoms with van der Waals surface area (Å²) in [7, 11) is 0. The van der Waals surface area contributed by atoms with Crippen LogP contribution in [0.2, 0.25) is 0 Å². The topological polar surface area (TPSA) is 201 Å². The van der Waals surface area contributed by atoms with Crippen LogP contribution in [-0.2, 0) is 61.9 Å². The predicted octanol–water partition coefficient (Wildman–Crippen LogP) is 4.44. The number of esters is 5. The van der Waals surface area contributed by atoms with Gasteiger partial charge >= 0.3 is 29.8 Å². The highest BCUT2D eigenvalue weighted by Gasteiger charge is 2.33. The smallest absolute Gasteiger partial charge is 0.323 e. The lowest BCUT2D eigenvalue weighted by molar-refractivity contribution is -0.163. The molecule has 2 rings (SSSR count). The highest BCUT2D eigenvalue weighted by molar-refractivity contribution is 5.79. The van der Waals surface area contributed by atoms with Crippen molar-refractivity contribution in [3.05, 3.63) is 29.3 Å². The van der Waals surface area contributed by atoms with Gasteiger partial charge in [0.2, 0.25) is 23.3 Å². The van der Waals surface area contributed by atoms with Gasteiger partial charge in [0.1, 0.15) is 28.4 Å². The zero-order chi connectivity index (χ0) is 55.2. The summed E-state index contributed by atoms with van der Waals surface area (Å²) in [5, 5.41) is 2.80. The summed E-state index contributed by atoms with van der Waals surface area (Å²) in [4.78, 5) is 86.4. The first-order valence-electron chi connectivity index (χ1n) is 24.6. The summed E-state index contributed by atoms with van der Waals surface area (Å²) in [5.41, 5.74) is -3.04. The quantitative estimate of drug-likeness (QED) is 0.0380. The molecule has 0 spiro atoms. The molecule has 0 aromatic heterocycles. The summed E-state index contributed by atoms with van der Waals surface area (Å²) in [6.07, 6.45) is -0.441. The Morgan fingerprint density at radius 2 is 0.877 bits per heavy atom. The third-order valence-electron chi connectivity index (χ3n) is 10.0. The third kappa shape index (κ3) is 29.2. The maximum absolute atomic E-state index is 14.1. The van der Waals surface area contributed by atoms with Crippen LogP contribution in [0.1, 0.15) is 102 Å². The zero-order valence-corrected chi connectivity index (χ0v) is 45.0. The van der Waals surface area contributed by atoms with Crippen molar-refractivity contribution in [2.24, 2.45) is 0 Å². The molecule has 1 N–H and O–H groups in total. The molecule has 0 aliphatic carbocycles. The molecule has 418 valence electrons. The fourth-order valence-electron chi connectivity index (χ4n) is 6.95. The van der Waals surface area contributed by atoms with E-state index in [1.165, 1.54) is 0 Å². The number of rotatable bonds is 24. The van der Waals surface area contributed by atoms with Crippen molar-refractivity contribution < 1.29 is 84.2 Å². The fourth-order valence-corrected chi connectivity index (χ4v) is 6.95. The molecule has 1 fully saturated rings. The zero-order valence-electron chi connectivity index (χ0n) is 45.0. The van der Waals surface area contributed by atoms with Crippen LogP contribution in [-0.4, -0.2) is 202 Å². The second-order valence-electron chi connectivity index (χ2n) is 21.4. The highest BCUT2D eigenvalue weighted by atomic mass is 19.2. The van der Waals surface area contributed by atoms with Crippen molar-refractivity contribution in [3.8, 4) is 5.75 Å². The summed E-state index contributed by atoms with van der Waals surface area (Å²) in [5.74, 6) is -11.9. The average molecular weight is 1050 g/mol. The number of amides is 1. The van der Waals surface area contributed by atoms with Gasteiger partial charge < -0.3 is 43.2 Å². The molecule has 1 heterocycles. The van der Waals surface area contributed by atoms with Gasteiger partial charge in [-0.25, -0.2) is 8.78 Å². The minimum atomic E-state index is -1.83. The molecule has 0 bridgehead atoms. The average Bonchev–Trinajstić information content (AvgIpc) is 3.22. The second-order valence-corrected chi connectivity index (χ2v) is 21.4. The summed E-state index contributed by atoms with van der Waals surface area (Å²) in [6.45, 7) is 24.1. The molecule has 23 heteroatoms. The van der Waals surface area contributed by atoms with Crippen LogP contribution in [0.5, 0.6) is 5.75 Å². The lowest BCUT2D eigenvalue weighted by atomic mass is 10.1. The van der Waals surface area contributed by atoms with Gasteiger partial charge in [0.05, 0.1) is 65.7 Å². The van der Waals surface area contributed by atoms with E-state index in [0.29, 0.717) is 26.2 Å². The van der Waals surface area contributed by atoms with Gasteiger partial charge in [-0.1, -0.05) is 0 Å². The molecule has 1 aromatic carbocycles. The standard InChI is InChI=1S/C50H81F4N5O14/c1-47(2,3)70-40(62)32-56-17-19-57(33-41(63)71-48(4,5)6)21-23-59(24-22-58(20-18-56)34-42(64)72-49(7,8)9)37(46(65)73-50(10,11)12)13-14-38(60)55-16-26-67-28-30-68-29-27-66-25-15-39(61)69-45-43(53)35(51)31-36(52)44(45)54/h31,37H,13-30,32-34H2,1-12H3,(H,55,60). The van der Waals surface area contributed by atoms with Crippen LogP contribution >= 0.6 is 0 Å². The fraction of sp³-hybridized carbons (Fsp3) is 0.760. The van der Waals surface area contributed by atoms with Gasteiger partial charge in [-0.3, -0.25) is 48.4 Å². The number of carbonyl (C=O) groups excluding carboxylic acids is 6. The number of carbonyl (C=O) groups is 6. The second kappa shape index (κ2) is 30.8. The van der Waals surface area contributed by atoms with Crippen LogP contribution in [0.4, 0.5) is 17.6 Å². The van der Waals surface area contributed by atoms with Gasteiger partial charge in [0.15, 0.2) is 11.6 Å². The van der Waals surface area contributed by atoms with Crippen molar-refractivity contribution >= 4 is 35.8 Å². The summed E-state index contributed by atoms with van der Waals surface area (Å²) < 4.78 is 97.7. The Hall–Kier alpha value is -4.52. The van der Waals surface area contributed by atoms with E-state index in [9.17, 15) is 46.3 Å². The van der Waals surface area contributed by atoms with E-state index >= 15 is 0 Å². The molecule has 1 saturated heterocycles. The molecule has 19 nitrogen and oxygen atoms in total. The lowest BCUT2D eigenvalue weighted by Crippen LogP contribution is -2.53. The van der Waals surface area contributed by atoms with Crippen molar-refractivity contribution in [1.29, 1.82) is 0 Å². The number of hydrogen-bond acceptors (Lipinski definition) is 18. The highest BCUT2D eigenvalue weighted by Crippen LogP contribution is 2.27. The van der Waals surface area contributed by atoms with Crippen LogP contribution in [0.15, 0.2) is 6.07 Å². The van der Waals surface area contributed by atoms with Gasteiger partial charge in [-0.2, -0.15) is 8.78 Å². The molecule has 0 radical (unpaired) electrons. The SMILES string of the molecule is CC(C)(C)OC(=O)CN1CCN(CC(=O)OC(C)(C)C)CCN(C(CCC(=O)NCCOCCOCCOCCC(=O)Oc2c(F)c(F)cc(F)c2F)C(=O)OC(C)(C)C)CCN(CC(=O)OC(C)(C)C)CC1. The van der Waals surface area contributed by atoms with Gasteiger partial charge in [-0.05, 0) is 89.5 Å². The Morgan fingerprint density at radius 3 is 1.27 bits per heavy atom. The third-order valence-corrected chi connectivity index (χ3v) is 10.0. The summed E-state index contributed by atoms with van der Waals surface area (Å²) >= 11 is 0. The first kappa shape index (κ1) is 64.6. The molecule has 0 saturated carbocycles. The molecule has 1 aliphatic rings. The van der Waals surface area contributed by atoms with Crippen molar-refractivity contribution in [2.45, 2.75) is 131 Å². The summed E-state index contributed by atoms with van der Waals surface area (Å²) in [6, 6.07) is -0.911.